The lowest BCUT2D eigenvalue weighted by atomic mass is 10.4. The van der Waals surface area contributed by atoms with Crippen molar-refractivity contribution in [3.63, 3.8) is 0 Å². The molecule has 2 aromatic rings. The van der Waals surface area contributed by atoms with Crippen molar-refractivity contribution in [3.05, 3.63) is 29.8 Å². The summed E-state index contributed by atoms with van der Waals surface area (Å²) in [6.07, 6.45) is -1.63. The maximum atomic E-state index is 12.2. The predicted octanol–water partition coefficient (Wildman–Crippen LogP) is 2.06. The average molecular weight is 201 g/mol. The second kappa shape index (κ2) is 2.70. The van der Waals surface area contributed by atoms with Gasteiger partial charge in [-0.05, 0) is 13.0 Å². The molecule has 0 bridgehead atoms. The van der Waals surface area contributed by atoms with Crippen LogP contribution in [0.2, 0.25) is 0 Å². The molecule has 0 radical (unpaired) electrons. The molecule has 0 saturated carbocycles. The number of hydrogen-bond acceptors (Lipinski definition) is 2. The summed E-state index contributed by atoms with van der Waals surface area (Å²) in [4.78, 5) is 7.14. The van der Waals surface area contributed by atoms with Crippen LogP contribution in [0.3, 0.4) is 0 Å². The lowest BCUT2D eigenvalue weighted by Crippen LogP contribution is -2.09. The minimum Gasteiger partial charge on any atom is -0.288 e. The number of halogens is 3. The fraction of sp³-hybridized carbons (Fsp3) is 0.250. The van der Waals surface area contributed by atoms with Gasteiger partial charge >= 0.3 is 6.18 Å². The molecule has 2 rings (SSSR count). The van der Waals surface area contributed by atoms with Gasteiger partial charge in [-0.25, -0.2) is 9.97 Å². The molecule has 0 unspecified atom stereocenters. The smallest absolute Gasteiger partial charge is 0.288 e. The third kappa shape index (κ3) is 1.32. The first-order valence-corrected chi connectivity index (χ1v) is 3.86. The van der Waals surface area contributed by atoms with Crippen molar-refractivity contribution in [2.45, 2.75) is 13.1 Å². The Labute approximate surface area is 77.2 Å². The van der Waals surface area contributed by atoms with E-state index in [1.165, 1.54) is 16.8 Å². The molecule has 2 heterocycles. The Morgan fingerprint density at radius 2 is 2.07 bits per heavy atom. The van der Waals surface area contributed by atoms with Crippen LogP contribution in [0.1, 0.15) is 11.4 Å². The number of alkyl halides is 3. The molecule has 0 aliphatic carbocycles. The molecule has 3 nitrogen and oxygen atoms in total. The maximum Gasteiger partial charge on any atom is 0.433 e. The molecular formula is C8H6F3N3. The molecule has 0 aliphatic heterocycles. The van der Waals surface area contributed by atoms with Gasteiger partial charge < -0.3 is 0 Å². The lowest BCUT2D eigenvalue weighted by Gasteiger charge is -2.05. The Morgan fingerprint density at radius 1 is 1.36 bits per heavy atom. The molecule has 0 aromatic carbocycles. The predicted molar refractivity (Wildman–Crippen MR) is 42.7 cm³/mol. The van der Waals surface area contributed by atoms with Crippen LogP contribution in [-0.4, -0.2) is 14.4 Å². The molecule has 6 heteroatoms. The summed E-state index contributed by atoms with van der Waals surface area (Å²) in [5.74, 6) is 0.0670. The van der Waals surface area contributed by atoms with Crippen molar-refractivity contribution in [1.29, 1.82) is 0 Å². The summed E-state index contributed by atoms with van der Waals surface area (Å²) < 4.78 is 38.2. The first-order valence-electron chi connectivity index (χ1n) is 3.86. The van der Waals surface area contributed by atoms with E-state index >= 15 is 0 Å². The van der Waals surface area contributed by atoms with Gasteiger partial charge in [-0.2, -0.15) is 13.2 Å². The molecule has 0 N–H and O–H groups in total. The van der Waals surface area contributed by atoms with Crippen LogP contribution in [0.4, 0.5) is 13.2 Å². The minimum absolute atomic E-state index is 0.0670. The van der Waals surface area contributed by atoms with Crippen molar-refractivity contribution < 1.29 is 13.2 Å². The van der Waals surface area contributed by atoms with E-state index in [9.17, 15) is 13.2 Å². The summed E-state index contributed by atoms with van der Waals surface area (Å²) in [7, 11) is 0. The van der Waals surface area contributed by atoms with Gasteiger partial charge in [-0.1, -0.05) is 0 Å². The van der Waals surface area contributed by atoms with Gasteiger partial charge in [0.15, 0.2) is 0 Å². The molecule has 2 aromatic heterocycles. The van der Waals surface area contributed by atoms with Gasteiger partial charge in [0, 0.05) is 11.9 Å². The molecule has 0 fully saturated rings. The highest BCUT2D eigenvalue weighted by Crippen LogP contribution is 2.27. The zero-order chi connectivity index (χ0) is 10.3. The molecule has 74 valence electrons. The fourth-order valence-corrected chi connectivity index (χ4v) is 1.15. The van der Waals surface area contributed by atoms with Gasteiger partial charge in [0.1, 0.15) is 5.69 Å². The number of hydrogen-bond donors (Lipinski definition) is 0. The standard InChI is InChI=1S/C8H6F3N3/c1-5-4-12-7-13-6(8(9,10)11)2-3-14(5)7/h2-4H,1H3. The number of fused-ring (bicyclic) bond motifs is 1. The Morgan fingerprint density at radius 3 is 2.71 bits per heavy atom. The van der Waals surface area contributed by atoms with Gasteiger partial charge in [0.25, 0.3) is 0 Å². The summed E-state index contributed by atoms with van der Waals surface area (Å²) >= 11 is 0. The lowest BCUT2D eigenvalue weighted by molar-refractivity contribution is -0.141. The van der Waals surface area contributed by atoms with E-state index in [0.29, 0.717) is 0 Å². The third-order valence-corrected chi connectivity index (χ3v) is 1.85. The molecule has 0 atom stereocenters. The minimum atomic E-state index is -4.42. The largest absolute Gasteiger partial charge is 0.433 e. The summed E-state index contributed by atoms with van der Waals surface area (Å²) in [5, 5.41) is 0. The Kier molecular flexibility index (Phi) is 1.73. The zero-order valence-electron chi connectivity index (χ0n) is 7.21. The van der Waals surface area contributed by atoms with Crippen molar-refractivity contribution in [3.8, 4) is 0 Å². The average Bonchev–Trinajstić information content (AvgIpc) is 2.46. The van der Waals surface area contributed by atoms with E-state index < -0.39 is 11.9 Å². The van der Waals surface area contributed by atoms with E-state index in [4.69, 9.17) is 0 Å². The molecular weight excluding hydrogens is 195 g/mol. The van der Waals surface area contributed by atoms with E-state index in [1.807, 2.05) is 0 Å². The van der Waals surface area contributed by atoms with Crippen molar-refractivity contribution in [2.75, 3.05) is 0 Å². The maximum absolute atomic E-state index is 12.2. The van der Waals surface area contributed by atoms with Gasteiger partial charge in [-0.15, -0.1) is 0 Å². The van der Waals surface area contributed by atoms with Gasteiger partial charge in [-0.3, -0.25) is 4.40 Å². The molecule has 14 heavy (non-hydrogen) atoms. The number of aryl methyl sites for hydroxylation is 1. The highest BCUT2D eigenvalue weighted by Gasteiger charge is 2.32. The molecule has 0 amide bonds. The Balaban J connectivity index is 2.63. The topological polar surface area (TPSA) is 30.2 Å². The first kappa shape index (κ1) is 8.98. The normalized spacial score (nSPS) is 12.3. The van der Waals surface area contributed by atoms with Crippen molar-refractivity contribution in [1.82, 2.24) is 14.4 Å². The Bertz CT molecular complexity index is 472. The molecule has 0 aliphatic rings. The van der Waals surface area contributed by atoms with Gasteiger partial charge in [0.05, 0.1) is 6.20 Å². The summed E-state index contributed by atoms with van der Waals surface area (Å²) in [6, 6.07) is 0.932. The monoisotopic (exact) mass is 201 g/mol. The fourth-order valence-electron chi connectivity index (χ4n) is 1.15. The van der Waals surface area contributed by atoms with Crippen LogP contribution < -0.4 is 0 Å². The van der Waals surface area contributed by atoms with Crippen LogP contribution in [0.5, 0.6) is 0 Å². The SMILES string of the molecule is Cc1cnc2nc(C(F)(F)F)ccn12. The second-order valence-electron chi connectivity index (χ2n) is 2.88. The van der Waals surface area contributed by atoms with Crippen LogP contribution in [0, 0.1) is 6.92 Å². The van der Waals surface area contributed by atoms with Crippen molar-refractivity contribution >= 4 is 5.78 Å². The highest BCUT2D eigenvalue weighted by molar-refractivity contribution is 5.32. The van der Waals surface area contributed by atoms with Crippen molar-refractivity contribution in [2.24, 2.45) is 0 Å². The number of imidazole rings is 1. The van der Waals surface area contributed by atoms with Crippen LogP contribution in [0.15, 0.2) is 18.5 Å². The summed E-state index contributed by atoms with van der Waals surface area (Å²) in [5.41, 5.74) is -0.170. The second-order valence-corrected chi connectivity index (χ2v) is 2.88. The van der Waals surface area contributed by atoms with E-state index in [2.05, 4.69) is 9.97 Å². The van der Waals surface area contributed by atoms with E-state index in [0.717, 1.165) is 11.8 Å². The van der Waals surface area contributed by atoms with Crippen LogP contribution >= 0.6 is 0 Å². The van der Waals surface area contributed by atoms with Crippen LogP contribution in [-0.2, 0) is 6.18 Å². The quantitative estimate of drug-likeness (QED) is 0.653. The summed E-state index contributed by atoms with van der Waals surface area (Å²) in [6.45, 7) is 1.74. The van der Waals surface area contributed by atoms with E-state index in [-0.39, 0.29) is 5.78 Å². The first-order chi connectivity index (χ1) is 6.48. The molecule has 0 spiro atoms. The van der Waals surface area contributed by atoms with E-state index in [1.54, 1.807) is 6.92 Å². The highest BCUT2D eigenvalue weighted by atomic mass is 19.4. The van der Waals surface area contributed by atoms with Gasteiger partial charge in [0.2, 0.25) is 5.78 Å². The number of rotatable bonds is 0. The molecule has 0 saturated heterocycles. The Hall–Kier alpha value is -1.59. The number of aromatic nitrogens is 3. The number of nitrogens with zero attached hydrogens (tertiary/aromatic N) is 3. The third-order valence-electron chi connectivity index (χ3n) is 1.85. The van der Waals surface area contributed by atoms with Crippen LogP contribution in [0.25, 0.3) is 5.78 Å². The zero-order valence-corrected chi connectivity index (χ0v) is 7.21.